The Balaban J connectivity index is 1.44. The summed E-state index contributed by atoms with van der Waals surface area (Å²) in [7, 11) is 0. The maximum atomic E-state index is 2.41. The van der Waals surface area contributed by atoms with Gasteiger partial charge in [0.2, 0.25) is 0 Å². The van der Waals surface area contributed by atoms with Gasteiger partial charge < -0.3 is 0 Å². The van der Waals surface area contributed by atoms with Crippen LogP contribution in [0, 0.1) is 0 Å². The first-order valence-corrected chi connectivity index (χ1v) is 16.6. The Labute approximate surface area is 281 Å². The topological polar surface area (TPSA) is 0 Å². The van der Waals surface area contributed by atoms with Crippen LogP contribution in [0.15, 0.2) is 194 Å². The monoisotopic (exact) mass is 608 g/mol. The van der Waals surface area contributed by atoms with Gasteiger partial charge in [-0.25, -0.2) is 0 Å². The molecule has 9 aromatic carbocycles. The van der Waals surface area contributed by atoms with Gasteiger partial charge in [0.25, 0.3) is 0 Å². The zero-order chi connectivity index (χ0) is 31.9. The van der Waals surface area contributed by atoms with Gasteiger partial charge in [-0.15, -0.1) is 0 Å². The average Bonchev–Trinajstić information content (AvgIpc) is 3.17. The van der Waals surface area contributed by atoms with Crippen LogP contribution in [0.1, 0.15) is 0 Å². The molecule has 0 saturated carbocycles. The molecule has 0 saturated heterocycles. The van der Waals surface area contributed by atoms with Crippen LogP contribution >= 0.6 is 0 Å². The van der Waals surface area contributed by atoms with Crippen molar-refractivity contribution in [3.8, 4) is 55.6 Å². The maximum absolute atomic E-state index is 2.41. The van der Waals surface area contributed by atoms with Gasteiger partial charge in [0.15, 0.2) is 0 Å². The zero-order valence-electron chi connectivity index (χ0n) is 26.5. The highest BCUT2D eigenvalue weighted by molar-refractivity contribution is 6.24. The first kappa shape index (κ1) is 28.0. The lowest BCUT2D eigenvalue weighted by molar-refractivity contribution is 1.60. The Kier molecular flexibility index (Phi) is 6.91. The predicted molar refractivity (Wildman–Crippen MR) is 206 cm³/mol. The van der Waals surface area contributed by atoms with Gasteiger partial charge in [-0.3, -0.25) is 0 Å². The van der Waals surface area contributed by atoms with Crippen LogP contribution in [0.3, 0.4) is 0 Å². The summed E-state index contributed by atoms with van der Waals surface area (Å²) < 4.78 is 0. The number of hydrogen-bond donors (Lipinski definition) is 0. The molecule has 0 nitrogen and oxygen atoms in total. The minimum atomic E-state index is 1.22. The Morgan fingerprint density at radius 3 is 1.27 bits per heavy atom. The fraction of sp³-hybridized carbons (Fsp3) is 0. The van der Waals surface area contributed by atoms with Crippen molar-refractivity contribution in [2.75, 3.05) is 0 Å². The average molecular weight is 609 g/mol. The quantitative estimate of drug-likeness (QED) is 0.171. The molecule has 0 spiro atoms. The van der Waals surface area contributed by atoms with E-state index in [0.29, 0.717) is 0 Å². The van der Waals surface area contributed by atoms with Crippen LogP contribution < -0.4 is 0 Å². The van der Waals surface area contributed by atoms with Gasteiger partial charge in [0, 0.05) is 0 Å². The second-order valence-electron chi connectivity index (χ2n) is 12.5. The SMILES string of the molecule is c1ccc(-c2cccc(-c3c4cc(-c5ccccc5)ccc4c(-c4cccc5ccccc45)c4cc(-c5ccccc5)ccc34)c2)cc1. The van der Waals surface area contributed by atoms with Gasteiger partial charge in [0.1, 0.15) is 0 Å². The van der Waals surface area contributed by atoms with E-state index >= 15 is 0 Å². The molecule has 0 heterocycles. The molecule has 0 atom stereocenters. The molecule has 0 unspecified atom stereocenters. The van der Waals surface area contributed by atoms with Crippen LogP contribution in [-0.4, -0.2) is 0 Å². The third-order valence-corrected chi connectivity index (χ3v) is 9.65. The molecule has 0 bridgehead atoms. The van der Waals surface area contributed by atoms with Gasteiger partial charge in [-0.1, -0.05) is 176 Å². The van der Waals surface area contributed by atoms with Gasteiger partial charge in [0.05, 0.1) is 0 Å². The molecule has 9 aromatic rings. The number of rotatable bonds is 5. The molecule has 9 rings (SSSR count). The lowest BCUT2D eigenvalue weighted by Gasteiger charge is -2.21. The molecule has 0 heteroatoms. The number of hydrogen-bond acceptors (Lipinski definition) is 0. The van der Waals surface area contributed by atoms with E-state index in [1.54, 1.807) is 0 Å². The highest BCUT2D eigenvalue weighted by Crippen LogP contribution is 2.47. The van der Waals surface area contributed by atoms with Crippen LogP contribution in [0.4, 0.5) is 0 Å². The van der Waals surface area contributed by atoms with Crippen LogP contribution in [0.5, 0.6) is 0 Å². The van der Waals surface area contributed by atoms with E-state index in [2.05, 4.69) is 194 Å². The van der Waals surface area contributed by atoms with Crippen LogP contribution in [0.2, 0.25) is 0 Å². The van der Waals surface area contributed by atoms with E-state index in [-0.39, 0.29) is 0 Å². The van der Waals surface area contributed by atoms with Gasteiger partial charge in [-0.05, 0) is 106 Å². The molecule has 0 aliphatic heterocycles. The summed E-state index contributed by atoms with van der Waals surface area (Å²) in [6, 6.07) is 70.8. The van der Waals surface area contributed by atoms with Crippen molar-refractivity contribution in [3.63, 3.8) is 0 Å². The van der Waals surface area contributed by atoms with E-state index < -0.39 is 0 Å². The Morgan fingerprint density at radius 1 is 0.208 bits per heavy atom. The molecule has 0 aliphatic carbocycles. The van der Waals surface area contributed by atoms with E-state index in [9.17, 15) is 0 Å². The van der Waals surface area contributed by atoms with Crippen molar-refractivity contribution < 1.29 is 0 Å². The molecule has 0 fully saturated rings. The minimum Gasteiger partial charge on any atom is -0.0622 e. The summed E-state index contributed by atoms with van der Waals surface area (Å²) in [6.07, 6.45) is 0. The fourth-order valence-corrected chi connectivity index (χ4v) is 7.38. The van der Waals surface area contributed by atoms with Crippen molar-refractivity contribution in [3.05, 3.63) is 194 Å². The van der Waals surface area contributed by atoms with Crippen molar-refractivity contribution in [2.45, 2.75) is 0 Å². The summed E-state index contributed by atoms with van der Waals surface area (Å²) >= 11 is 0. The standard InChI is InChI=1S/C48H32/c1-4-14-33(15-5-1)37-22-12-23-40(30-37)47-43-28-26-39(35-18-8-3-9-19-35)32-46(43)48(42-25-13-21-36-20-10-11-24-41(36)42)44-29-27-38(31-45(44)47)34-16-6-2-7-17-34/h1-32H. The summed E-state index contributed by atoms with van der Waals surface area (Å²) in [5, 5.41) is 7.52. The Hall–Kier alpha value is -6.24. The summed E-state index contributed by atoms with van der Waals surface area (Å²) in [5.41, 5.74) is 12.3. The fourth-order valence-electron chi connectivity index (χ4n) is 7.38. The first-order valence-electron chi connectivity index (χ1n) is 16.6. The largest absolute Gasteiger partial charge is 0.0622 e. The van der Waals surface area contributed by atoms with Gasteiger partial charge in [-0.2, -0.15) is 0 Å². The molecular formula is C48H32. The summed E-state index contributed by atoms with van der Waals surface area (Å²) in [6.45, 7) is 0. The normalized spacial score (nSPS) is 11.3. The smallest absolute Gasteiger partial charge is 0.00199 e. The van der Waals surface area contributed by atoms with E-state index in [1.807, 2.05) is 0 Å². The molecule has 0 aliphatic rings. The lowest BCUT2D eigenvalue weighted by Crippen LogP contribution is -1.93. The second kappa shape index (κ2) is 11.8. The number of fused-ring (bicyclic) bond motifs is 3. The highest BCUT2D eigenvalue weighted by Gasteiger charge is 2.20. The van der Waals surface area contributed by atoms with E-state index in [4.69, 9.17) is 0 Å². The Morgan fingerprint density at radius 2 is 0.646 bits per heavy atom. The molecule has 0 amide bonds. The molecule has 0 aromatic heterocycles. The van der Waals surface area contributed by atoms with Crippen molar-refractivity contribution in [2.24, 2.45) is 0 Å². The number of benzene rings is 9. The molecule has 0 radical (unpaired) electrons. The van der Waals surface area contributed by atoms with Crippen LogP contribution in [0.25, 0.3) is 88.0 Å². The van der Waals surface area contributed by atoms with Crippen molar-refractivity contribution in [1.29, 1.82) is 0 Å². The maximum Gasteiger partial charge on any atom is -0.00199 e. The zero-order valence-corrected chi connectivity index (χ0v) is 26.5. The summed E-state index contributed by atoms with van der Waals surface area (Å²) in [4.78, 5) is 0. The summed E-state index contributed by atoms with van der Waals surface area (Å²) in [5.74, 6) is 0. The molecule has 48 heavy (non-hydrogen) atoms. The van der Waals surface area contributed by atoms with Crippen molar-refractivity contribution >= 4 is 32.3 Å². The van der Waals surface area contributed by atoms with Gasteiger partial charge >= 0.3 is 0 Å². The first-order chi connectivity index (χ1) is 23.8. The highest BCUT2D eigenvalue weighted by atomic mass is 14.2. The molecule has 0 N–H and O–H groups in total. The lowest BCUT2D eigenvalue weighted by atomic mass is 9.82. The third kappa shape index (κ3) is 4.87. The third-order valence-electron chi connectivity index (χ3n) is 9.65. The van der Waals surface area contributed by atoms with E-state index in [0.717, 1.165) is 0 Å². The Bertz CT molecular complexity index is 2570. The van der Waals surface area contributed by atoms with Crippen LogP contribution in [-0.2, 0) is 0 Å². The van der Waals surface area contributed by atoms with E-state index in [1.165, 1.54) is 88.0 Å². The second-order valence-corrected chi connectivity index (χ2v) is 12.5. The molecular weight excluding hydrogens is 577 g/mol. The minimum absolute atomic E-state index is 1.22. The predicted octanol–water partition coefficient (Wildman–Crippen LogP) is 13.5. The van der Waals surface area contributed by atoms with Crippen molar-refractivity contribution in [1.82, 2.24) is 0 Å². The molecule has 224 valence electrons.